The first-order valence-electron chi connectivity index (χ1n) is 7.99. The minimum absolute atomic E-state index is 0.100. The number of hydrogen-bond acceptors (Lipinski definition) is 5. The van der Waals surface area contributed by atoms with Crippen molar-refractivity contribution in [2.75, 3.05) is 7.05 Å². The molecule has 0 aliphatic carbocycles. The fourth-order valence-corrected chi connectivity index (χ4v) is 3.29. The Balaban J connectivity index is 1.81. The zero-order valence-electron chi connectivity index (χ0n) is 14.5. The average molecular weight is 381 g/mol. The van der Waals surface area contributed by atoms with Crippen LogP contribution in [0, 0.1) is 6.92 Å². The highest BCUT2D eigenvalue weighted by molar-refractivity contribution is 7.09. The maximum absolute atomic E-state index is 12.9. The number of nitrogens with zero attached hydrogens (tertiary/aromatic N) is 3. The molecule has 2 aromatic heterocycles. The van der Waals surface area contributed by atoms with E-state index >= 15 is 0 Å². The third-order valence-electron chi connectivity index (χ3n) is 4.20. The number of oxazole rings is 1. The molecule has 0 aliphatic rings. The summed E-state index contributed by atoms with van der Waals surface area (Å²) in [5.41, 5.74) is 0.287. The van der Waals surface area contributed by atoms with Crippen LogP contribution in [0.15, 0.2) is 40.3 Å². The first kappa shape index (κ1) is 18.6. The summed E-state index contributed by atoms with van der Waals surface area (Å²) in [5.74, 6) is 0.787. The smallest absolute Gasteiger partial charge is 0.416 e. The van der Waals surface area contributed by atoms with Crippen LogP contribution in [0.3, 0.4) is 0 Å². The molecule has 1 unspecified atom stereocenters. The molecule has 8 heteroatoms. The van der Waals surface area contributed by atoms with Crippen LogP contribution in [0.25, 0.3) is 11.5 Å². The van der Waals surface area contributed by atoms with Gasteiger partial charge in [0.05, 0.1) is 17.3 Å². The van der Waals surface area contributed by atoms with E-state index in [4.69, 9.17) is 4.42 Å². The molecule has 1 atom stereocenters. The maximum Gasteiger partial charge on any atom is 0.416 e. The van der Waals surface area contributed by atoms with E-state index < -0.39 is 11.7 Å². The summed E-state index contributed by atoms with van der Waals surface area (Å²) in [5, 5.41) is 2.92. The molecule has 26 heavy (non-hydrogen) atoms. The quantitative estimate of drug-likeness (QED) is 0.600. The maximum atomic E-state index is 12.9. The molecular formula is C18H18F3N3OS. The van der Waals surface area contributed by atoms with Gasteiger partial charge < -0.3 is 4.42 Å². The number of halogens is 3. The topological polar surface area (TPSA) is 42.2 Å². The summed E-state index contributed by atoms with van der Waals surface area (Å²) >= 11 is 1.58. The zero-order valence-corrected chi connectivity index (χ0v) is 15.4. The van der Waals surface area contributed by atoms with Crippen LogP contribution in [0.1, 0.15) is 35.0 Å². The van der Waals surface area contributed by atoms with Crippen LogP contribution in [0.4, 0.5) is 13.2 Å². The Morgan fingerprint density at radius 2 is 2.08 bits per heavy atom. The monoisotopic (exact) mass is 381 g/mol. The van der Waals surface area contributed by atoms with Crippen molar-refractivity contribution in [1.29, 1.82) is 0 Å². The number of alkyl halides is 3. The number of aromatic nitrogens is 2. The Morgan fingerprint density at radius 3 is 2.73 bits per heavy atom. The molecule has 138 valence electrons. The fraction of sp³-hybridized carbons (Fsp3) is 0.333. The minimum atomic E-state index is -4.40. The number of benzene rings is 1. The second kappa shape index (κ2) is 7.20. The van der Waals surface area contributed by atoms with Crippen molar-refractivity contribution < 1.29 is 17.6 Å². The van der Waals surface area contributed by atoms with Crippen molar-refractivity contribution in [1.82, 2.24) is 14.9 Å². The van der Waals surface area contributed by atoms with Gasteiger partial charge in [0.2, 0.25) is 5.89 Å². The molecule has 2 heterocycles. The summed E-state index contributed by atoms with van der Waals surface area (Å²) < 4.78 is 44.3. The predicted molar refractivity (Wildman–Crippen MR) is 93.7 cm³/mol. The Bertz CT molecular complexity index is 874. The van der Waals surface area contributed by atoms with E-state index in [0.29, 0.717) is 23.6 Å². The van der Waals surface area contributed by atoms with Gasteiger partial charge in [0.15, 0.2) is 0 Å². The largest absolute Gasteiger partial charge is 0.441 e. The molecule has 0 N–H and O–H groups in total. The standard InChI is InChI=1S/C18H18F3N3OS/c1-11(17-22-7-8-26-17)24(3)10-15-12(2)25-16(23-15)13-5-4-6-14(9-13)18(19,20)21/h4-9,11H,10H2,1-3H3. The molecule has 0 aliphatic heterocycles. The molecule has 3 aromatic rings. The van der Waals surface area contributed by atoms with E-state index in [9.17, 15) is 13.2 Å². The van der Waals surface area contributed by atoms with Crippen LogP contribution in [-0.2, 0) is 12.7 Å². The van der Waals surface area contributed by atoms with Gasteiger partial charge in [-0.25, -0.2) is 9.97 Å². The van der Waals surface area contributed by atoms with Gasteiger partial charge in [-0.15, -0.1) is 11.3 Å². The predicted octanol–water partition coefficient (Wildman–Crippen LogP) is 5.32. The molecule has 0 saturated carbocycles. The third kappa shape index (κ3) is 3.96. The van der Waals surface area contributed by atoms with Crippen LogP contribution in [-0.4, -0.2) is 21.9 Å². The van der Waals surface area contributed by atoms with Gasteiger partial charge >= 0.3 is 6.18 Å². The summed E-state index contributed by atoms with van der Waals surface area (Å²) in [7, 11) is 1.95. The molecule has 0 saturated heterocycles. The van der Waals surface area contributed by atoms with E-state index in [1.54, 1.807) is 30.5 Å². The summed E-state index contributed by atoms with van der Waals surface area (Å²) in [6.45, 7) is 4.32. The molecule has 0 spiro atoms. The van der Waals surface area contributed by atoms with Crippen molar-refractivity contribution in [3.63, 3.8) is 0 Å². The van der Waals surface area contributed by atoms with Gasteiger partial charge in [0, 0.05) is 23.7 Å². The Labute approximate surface area is 153 Å². The van der Waals surface area contributed by atoms with Gasteiger partial charge in [-0.3, -0.25) is 4.90 Å². The number of hydrogen-bond donors (Lipinski definition) is 0. The van der Waals surface area contributed by atoms with Crippen LogP contribution >= 0.6 is 11.3 Å². The summed E-state index contributed by atoms with van der Waals surface area (Å²) in [6, 6.07) is 5.10. The molecule has 0 bridgehead atoms. The highest BCUT2D eigenvalue weighted by Crippen LogP contribution is 2.32. The normalized spacial score (nSPS) is 13.3. The van der Waals surface area contributed by atoms with E-state index in [1.807, 2.05) is 19.4 Å². The first-order valence-corrected chi connectivity index (χ1v) is 8.87. The van der Waals surface area contributed by atoms with Gasteiger partial charge in [-0.05, 0) is 39.1 Å². The summed E-state index contributed by atoms with van der Waals surface area (Å²) in [4.78, 5) is 10.8. The highest BCUT2D eigenvalue weighted by atomic mass is 32.1. The van der Waals surface area contributed by atoms with E-state index in [-0.39, 0.29) is 11.9 Å². The van der Waals surface area contributed by atoms with Gasteiger partial charge in [-0.2, -0.15) is 13.2 Å². The van der Waals surface area contributed by atoms with Crippen molar-refractivity contribution in [2.24, 2.45) is 0 Å². The lowest BCUT2D eigenvalue weighted by atomic mass is 10.1. The summed E-state index contributed by atoms with van der Waals surface area (Å²) in [6.07, 6.45) is -2.64. The number of aryl methyl sites for hydroxylation is 1. The lowest BCUT2D eigenvalue weighted by Crippen LogP contribution is -2.22. The molecule has 0 radical (unpaired) electrons. The molecule has 0 fully saturated rings. The fourth-order valence-electron chi connectivity index (χ4n) is 2.53. The average Bonchev–Trinajstić information content (AvgIpc) is 3.24. The van der Waals surface area contributed by atoms with Gasteiger partial charge in [0.1, 0.15) is 10.8 Å². The van der Waals surface area contributed by atoms with Crippen LogP contribution in [0.2, 0.25) is 0 Å². The van der Waals surface area contributed by atoms with Crippen molar-refractivity contribution >= 4 is 11.3 Å². The second-order valence-corrected chi connectivity index (χ2v) is 6.99. The van der Waals surface area contributed by atoms with E-state index in [1.165, 1.54) is 6.07 Å². The lowest BCUT2D eigenvalue weighted by molar-refractivity contribution is -0.137. The molecule has 3 rings (SSSR count). The van der Waals surface area contributed by atoms with Crippen molar-refractivity contribution in [3.05, 3.63) is 57.9 Å². The number of rotatable bonds is 5. The van der Waals surface area contributed by atoms with Gasteiger partial charge in [0.25, 0.3) is 0 Å². The highest BCUT2D eigenvalue weighted by Gasteiger charge is 2.31. The molecular weight excluding hydrogens is 363 g/mol. The van der Waals surface area contributed by atoms with Gasteiger partial charge in [-0.1, -0.05) is 6.07 Å². The molecule has 4 nitrogen and oxygen atoms in total. The number of thiazole rings is 1. The van der Waals surface area contributed by atoms with Crippen molar-refractivity contribution in [2.45, 2.75) is 32.6 Å². The SMILES string of the molecule is Cc1oc(-c2cccc(C(F)(F)F)c2)nc1CN(C)C(C)c1nccs1. The van der Waals surface area contributed by atoms with Crippen LogP contribution in [0.5, 0.6) is 0 Å². The van der Waals surface area contributed by atoms with E-state index in [2.05, 4.69) is 14.9 Å². The molecule has 0 amide bonds. The third-order valence-corrected chi connectivity index (χ3v) is 5.14. The second-order valence-electron chi connectivity index (χ2n) is 6.06. The lowest BCUT2D eigenvalue weighted by Gasteiger charge is -2.21. The zero-order chi connectivity index (χ0) is 18.9. The van der Waals surface area contributed by atoms with Crippen LogP contribution < -0.4 is 0 Å². The van der Waals surface area contributed by atoms with Crippen molar-refractivity contribution in [3.8, 4) is 11.5 Å². The Hall–Kier alpha value is -2.19. The molecule has 1 aromatic carbocycles. The Kier molecular flexibility index (Phi) is 5.15. The Morgan fingerprint density at radius 1 is 1.31 bits per heavy atom. The minimum Gasteiger partial charge on any atom is -0.441 e. The van der Waals surface area contributed by atoms with E-state index in [0.717, 1.165) is 17.1 Å². The first-order chi connectivity index (χ1) is 12.3.